The molecule has 2 N–H and O–H groups in total. The van der Waals surface area contributed by atoms with Gasteiger partial charge in [0.15, 0.2) is 0 Å². The quantitative estimate of drug-likeness (QED) is 0.735. The Morgan fingerprint density at radius 2 is 2.09 bits per heavy atom. The highest BCUT2D eigenvalue weighted by Gasteiger charge is 2.42. The first-order chi connectivity index (χ1) is 11.1. The van der Waals surface area contributed by atoms with Crippen molar-refractivity contribution in [2.45, 2.75) is 44.1 Å². The lowest BCUT2D eigenvalue weighted by Gasteiger charge is -2.44. The molecule has 2 fully saturated rings. The summed E-state index contributed by atoms with van der Waals surface area (Å²) >= 11 is 0. The van der Waals surface area contributed by atoms with E-state index < -0.39 is 5.97 Å². The minimum atomic E-state index is -0.707. The summed E-state index contributed by atoms with van der Waals surface area (Å²) in [5.41, 5.74) is 1.81. The molecule has 0 unspecified atom stereocenters. The maximum Gasteiger partial charge on any atom is 0.304 e. The van der Waals surface area contributed by atoms with E-state index in [1.165, 1.54) is 31.2 Å². The van der Waals surface area contributed by atoms with Gasteiger partial charge in [0.1, 0.15) is 0 Å². The standard InChI is InChI=1S/C19H28N2O2/c1-21(11-8-18(22)23)14-19(9-5-10-19)13-20-17-12-16(17)15-6-3-2-4-7-15/h2-4,6-7,16-17,20H,5,8-14H2,1H3,(H,22,23)/t16-,17+/m1/s1. The molecule has 0 heterocycles. The Hall–Kier alpha value is -1.39. The second-order valence-electron chi connectivity index (χ2n) is 7.48. The van der Waals surface area contributed by atoms with Gasteiger partial charge in [-0.25, -0.2) is 0 Å². The van der Waals surface area contributed by atoms with Gasteiger partial charge in [-0.3, -0.25) is 4.79 Å². The molecule has 1 aromatic carbocycles. The predicted molar refractivity (Wildman–Crippen MR) is 91.6 cm³/mol. The molecule has 23 heavy (non-hydrogen) atoms. The van der Waals surface area contributed by atoms with Crippen molar-refractivity contribution in [3.63, 3.8) is 0 Å². The lowest BCUT2D eigenvalue weighted by Crippen LogP contribution is -2.48. The topological polar surface area (TPSA) is 52.6 Å². The number of hydrogen-bond acceptors (Lipinski definition) is 3. The highest BCUT2D eigenvalue weighted by Crippen LogP contribution is 2.44. The zero-order chi connectivity index (χ0) is 16.3. The number of carboxylic acids is 1. The molecule has 0 aliphatic heterocycles. The molecule has 0 spiro atoms. The van der Waals surface area contributed by atoms with Crippen LogP contribution in [0.3, 0.4) is 0 Å². The molecule has 4 heteroatoms. The fraction of sp³-hybridized carbons (Fsp3) is 0.632. The molecule has 0 aromatic heterocycles. The van der Waals surface area contributed by atoms with Gasteiger partial charge >= 0.3 is 5.97 Å². The maximum absolute atomic E-state index is 10.7. The van der Waals surface area contributed by atoms with Crippen molar-refractivity contribution in [1.29, 1.82) is 0 Å². The van der Waals surface area contributed by atoms with Crippen molar-refractivity contribution >= 4 is 5.97 Å². The van der Waals surface area contributed by atoms with Gasteiger partial charge in [0.05, 0.1) is 6.42 Å². The van der Waals surface area contributed by atoms with E-state index in [4.69, 9.17) is 5.11 Å². The molecule has 2 saturated carbocycles. The first-order valence-electron chi connectivity index (χ1n) is 8.77. The number of rotatable bonds is 9. The van der Waals surface area contributed by atoms with Crippen molar-refractivity contribution in [3.05, 3.63) is 35.9 Å². The third-order valence-corrected chi connectivity index (χ3v) is 5.48. The van der Waals surface area contributed by atoms with Gasteiger partial charge in [-0.05, 0) is 37.3 Å². The Labute approximate surface area is 138 Å². The van der Waals surface area contributed by atoms with Crippen LogP contribution < -0.4 is 5.32 Å². The van der Waals surface area contributed by atoms with Crippen molar-refractivity contribution in [2.24, 2.45) is 5.41 Å². The van der Waals surface area contributed by atoms with Crippen LogP contribution in [0.5, 0.6) is 0 Å². The Morgan fingerprint density at radius 1 is 1.35 bits per heavy atom. The van der Waals surface area contributed by atoms with Gasteiger partial charge in [-0.15, -0.1) is 0 Å². The van der Waals surface area contributed by atoms with Crippen LogP contribution in [0, 0.1) is 5.41 Å². The largest absolute Gasteiger partial charge is 0.481 e. The van der Waals surface area contributed by atoms with E-state index in [0.717, 1.165) is 13.1 Å². The van der Waals surface area contributed by atoms with Crippen LogP contribution in [-0.4, -0.2) is 48.7 Å². The summed E-state index contributed by atoms with van der Waals surface area (Å²) in [6.45, 7) is 2.72. The fourth-order valence-corrected chi connectivity index (χ4v) is 3.84. The molecule has 0 radical (unpaired) electrons. The SMILES string of the molecule is CN(CCC(=O)O)CC1(CN[C@H]2C[C@@H]2c2ccccc2)CCC1. The third-order valence-electron chi connectivity index (χ3n) is 5.48. The number of nitrogens with one attached hydrogen (secondary N) is 1. The molecule has 2 aliphatic rings. The summed E-state index contributed by atoms with van der Waals surface area (Å²) in [6, 6.07) is 11.4. The summed E-state index contributed by atoms with van der Waals surface area (Å²) in [7, 11) is 2.05. The summed E-state index contributed by atoms with van der Waals surface area (Å²) in [4.78, 5) is 12.9. The first-order valence-corrected chi connectivity index (χ1v) is 8.77. The summed E-state index contributed by atoms with van der Waals surface area (Å²) in [5.74, 6) is -0.0283. The van der Waals surface area contributed by atoms with Gasteiger partial charge in [-0.1, -0.05) is 36.8 Å². The number of benzene rings is 1. The Morgan fingerprint density at radius 3 is 2.70 bits per heavy atom. The molecule has 0 bridgehead atoms. The van der Waals surface area contributed by atoms with Gasteiger partial charge in [0.2, 0.25) is 0 Å². The number of carbonyl (C=O) groups is 1. The Bertz CT molecular complexity index is 527. The molecule has 0 amide bonds. The molecule has 1 aromatic rings. The molecule has 3 rings (SSSR count). The molecule has 2 aliphatic carbocycles. The molecular weight excluding hydrogens is 288 g/mol. The summed E-state index contributed by atoms with van der Waals surface area (Å²) in [5, 5.41) is 12.6. The van der Waals surface area contributed by atoms with E-state index in [1.807, 2.05) is 7.05 Å². The lowest BCUT2D eigenvalue weighted by molar-refractivity contribution is -0.137. The minimum Gasteiger partial charge on any atom is -0.481 e. The molecule has 2 atom stereocenters. The average Bonchev–Trinajstić information content (AvgIpc) is 3.28. The molecule has 4 nitrogen and oxygen atoms in total. The van der Waals surface area contributed by atoms with Crippen molar-refractivity contribution in [1.82, 2.24) is 10.2 Å². The van der Waals surface area contributed by atoms with Gasteiger partial charge < -0.3 is 15.3 Å². The van der Waals surface area contributed by atoms with Crippen molar-refractivity contribution < 1.29 is 9.90 Å². The maximum atomic E-state index is 10.7. The second-order valence-corrected chi connectivity index (χ2v) is 7.48. The fourth-order valence-electron chi connectivity index (χ4n) is 3.84. The van der Waals surface area contributed by atoms with Gasteiger partial charge in [-0.2, -0.15) is 0 Å². The van der Waals surface area contributed by atoms with E-state index in [1.54, 1.807) is 0 Å². The minimum absolute atomic E-state index is 0.235. The van der Waals surface area contributed by atoms with Crippen LogP contribution in [0.2, 0.25) is 0 Å². The van der Waals surface area contributed by atoms with E-state index in [-0.39, 0.29) is 6.42 Å². The lowest BCUT2D eigenvalue weighted by atomic mass is 9.68. The van der Waals surface area contributed by atoms with Crippen LogP contribution >= 0.6 is 0 Å². The summed E-state index contributed by atoms with van der Waals surface area (Å²) in [6.07, 6.45) is 5.31. The number of aliphatic carboxylic acids is 1. The van der Waals surface area contributed by atoms with E-state index >= 15 is 0 Å². The average molecular weight is 316 g/mol. The van der Waals surface area contributed by atoms with E-state index in [0.29, 0.717) is 23.9 Å². The van der Waals surface area contributed by atoms with Crippen LogP contribution in [0.1, 0.15) is 43.6 Å². The normalized spacial score (nSPS) is 25.1. The first kappa shape index (κ1) is 16.5. The Balaban J connectivity index is 1.44. The predicted octanol–water partition coefficient (Wildman–Crippen LogP) is 2.71. The number of nitrogens with zero attached hydrogens (tertiary/aromatic N) is 1. The zero-order valence-corrected chi connectivity index (χ0v) is 14.0. The van der Waals surface area contributed by atoms with Crippen LogP contribution in [-0.2, 0) is 4.79 Å². The smallest absolute Gasteiger partial charge is 0.304 e. The van der Waals surface area contributed by atoms with Crippen LogP contribution in [0.15, 0.2) is 30.3 Å². The zero-order valence-electron chi connectivity index (χ0n) is 14.0. The Kier molecular flexibility index (Phi) is 5.02. The van der Waals surface area contributed by atoms with Crippen LogP contribution in [0.4, 0.5) is 0 Å². The summed E-state index contributed by atoms with van der Waals surface area (Å²) < 4.78 is 0. The van der Waals surface area contributed by atoms with E-state index in [2.05, 4.69) is 40.5 Å². The second kappa shape index (κ2) is 7.02. The van der Waals surface area contributed by atoms with Crippen molar-refractivity contribution in [3.8, 4) is 0 Å². The van der Waals surface area contributed by atoms with E-state index in [9.17, 15) is 4.79 Å². The van der Waals surface area contributed by atoms with Crippen molar-refractivity contribution in [2.75, 3.05) is 26.7 Å². The third kappa shape index (κ3) is 4.33. The monoisotopic (exact) mass is 316 g/mol. The molecule has 126 valence electrons. The van der Waals surface area contributed by atoms with Gasteiger partial charge in [0, 0.05) is 31.6 Å². The highest BCUT2D eigenvalue weighted by molar-refractivity contribution is 5.66. The van der Waals surface area contributed by atoms with Gasteiger partial charge in [0.25, 0.3) is 0 Å². The number of hydrogen-bond donors (Lipinski definition) is 2. The number of carboxylic acid groups (broad SMARTS) is 1. The molecule has 0 saturated heterocycles. The highest BCUT2D eigenvalue weighted by atomic mass is 16.4. The molecular formula is C19H28N2O2. The van der Waals surface area contributed by atoms with Crippen LogP contribution in [0.25, 0.3) is 0 Å².